The first-order valence-corrected chi connectivity index (χ1v) is 10.3. The normalized spacial score (nSPS) is 16.0. The largest absolute Gasteiger partial charge is 0.353 e. The van der Waals surface area contributed by atoms with E-state index in [0.717, 1.165) is 25.8 Å². The van der Waals surface area contributed by atoms with E-state index in [0.29, 0.717) is 12.0 Å². The Morgan fingerprint density at radius 2 is 2.00 bits per heavy atom. The third-order valence-corrected chi connectivity index (χ3v) is 5.97. The van der Waals surface area contributed by atoms with Crippen molar-refractivity contribution in [1.29, 1.82) is 0 Å². The highest BCUT2D eigenvalue weighted by atomic mass is 127. The molecule has 152 valence electrons. The Bertz CT molecular complexity index is 818. The van der Waals surface area contributed by atoms with Gasteiger partial charge in [0, 0.05) is 25.0 Å². The minimum absolute atomic E-state index is 0. The molecule has 0 fully saturated rings. The summed E-state index contributed by atoms with van der Waals surface area (Å²) in [7, 11) is 3.51. The molecule has 2 aromatic rings. The number of benzene rings is 1. The van der Waals surface area contributed by atoms with Gasteiger partial charge in [0.15, 0.2) is 5.96 Å². The lowest BCUT2D eigenvalue weighted by molar-refractivity contribution is -0.127. The molecule has 1 aliphatic rings. The van der Waals surface area contributed by atoms with Crippen molar-refractivity contribution in [2.24, 2.45) is 4.99 Å². The quantitative estimate of drug-likeness (QED) is 0.367. The number of aliphatic imine (C=N–C) groups is 1. The highest BCUT2D eigenvalue weighted by Gasteiger charge is 2.19. The molecule has 1 atom stereocenters. The molecule has 1 heterocycles. The van der Waals surface area contributed by atoms with E-state index >= 15 is 0 Å². The molecule has 28 heavy (non-hydrogen) atoms. The molecule has 2 N–H and O–H groups in total. The maximum Gasteiger partial charge on any atom is 0.243 e. The lowest BCUT2D eigenvalue weighted by Gasteiger charge is -2.27. The van der Waals surface area contributed by atoms with Gasteiger partial charge in [-0.25, -0.2) is 4.99 Å². The van der Waals surface area contributed by atoms with Crippen molar-refractivity contribution < 1.29 is 4.79 Å². The number of guanidine groups is 1. The molecule has 1 aromatic carbocycles. The maximum absolute atomic E-state index is 12.0. The Labute approximate surface area is 188 Å². The van der Waals surface area contributed by atoms with Crippen LogP contribution in [0, 0.1) is 6.92 Å². The van der Waals surface area contributed by atoms with Crippen LogP contribution >= 0.6 is 35.3 Å². The van der Waals surface area contributed by atoms with Gasteiger partial charge in [-0.05, 0) is 54.3 Å². The zero-order chi connectivity index (χ0) is 19.2. The highest BCUT2D eigenvalue weighted by Crippen LogP contribution is 2.21. The van der Waals surface area contributed by atoms with Crippen molar-refractivity contribution in [2.45, 2.75) is 38.8 Å². The third-order valence-electron chi connectivity index (χ3n) is 4.94. The molecular formula is C21H29IN4OS. The van der Waals surface area contributed by atoms with Gasteiger partial charge in [-0.3, -0.25) is 4.79 Å². The van der Waals surface area contributed by atoms with Crippen molar-refractivity contribution in [3.63, 3.8) is 0 Å². The standard InChI is InChI=1S/C21H28N4OS.HI/c1-15-10-11-27-19(15)13-22-21(23-14-20(26)25(2)3)24-18-9-8-16-6-4-5-7-17(16)12-18;/h4-7,10-11,18H,8-9,12-14H2,1-3H3,(H2,22,23,24);1H. The molecule has 1 aliphatic carbocycles. The van der Waals surface area contributed by atoms with Crippen molar-refractivity contribution in [2.75, 3.05) is 20.6 Å². The second-order valence-corrected chi connectivity index (χ2v) is 8.19. The molecule has 1 aromatic heterocycles. The lowest BCUT2D eigenvalue weighted by Crippen LogP contribution is -2.46. The highest BCUT2D eigenvalue weighted by molar-refractivity contribution is 14.0. The number of likely N-dealkylation sites (N-methyl/N-ethyl adjacent to an activating group) is 1. The molecular weight excluding hydrogens is 483 g/mol. The molecule has 0 spiro atoms. The van der Waals surface area contributed by atoms with Gasteiger partial charge in [-0.15, -0.1) is 35.3 Å². The van der Waals surface area contributed by atoms with Crippen LogP contribution in [0.15, 0.2) is 40.7 Å². The molecule has 5 nitrogen and oxygen atoms in total. The number of hydrogen-bond donors (Lipinski definition) is 2. The van der Waals surface area contributed by atoms with Gasteiger partial charge in [0.1, 0.15) is 6.54 Å². The van der Waals surface area contributed by atoms with Crippen LogP contribution in [0.5, 0.6) is 0 Å². The number of carbonyl (C=O) groups excluding carboxylic acids is 1. The predicted molar refractivity (Wildman–Crippen MR) is 128 cm³/mol. The summed E-state index contributed by atoms with van der Waals surface area (Å²) in [4.78, 5) is 19.3. The fourth-order valence-electron chi connectivity index (χ4n) is 3.20. The first-order valence-electron chi connectivity index (χ1n) is 9.37. The molecule has 0 saturated carbocycles. The Balaban J connectivity index is 0.00000280. The number of halogens is 1. The number of fused-ring (bicyclic) bond motifs is 1. The van der Waals surface area contributed by atoms with E-state index in [9.17, 15) is 4.79 Å². The predicted octanol–water partition coefficient (Wildman–Crippen LogP) is 3.36. The van der Waals surface area contributed by atoms with Crippen molar-refractivity contribution in [3.8, 4) is 0 Å². The van der Waals surface area contributed by atoms with Crippen LogP contribution in [0.2, 0.25) is 0 Å². The summed E-state index contributed by atoms with van der Waals surface area (Å²) < 4.78 is 0. The monoisotopic (exact) mass is 512 g/mol. The number of rotatable bonds is 5. The van der Waals surface area contributed by atoms with Crippen LogP contribution in [0.3, 0.4) is 0 Å². The molecule has 7 heteroatoms. The van der Waals surface area contributed by atoms with E-state index in [-0.39, 0.29) is 36.4 Å². The van der Waals surface area contributed by atoms with Crippen LogP contribution in [-0.2, 0) is 24.2 Å². The first kappa shape index (κ1) is 22.7. The Kier molecular flexibility index (Phi) is 8.75. The second kappa shape index (κ2) is 10.8. The number of thiophene rings is 1. The summed E-state index contributed by atoms with van der Waals surface area (Å²) >= 11 is 1.74. The summed E-state index contributed by atoms with van der Waals surface area (Å²) in [6.07, 6.45) is 3.12. The van der Waals surface area contributed by atoms with E-state index in [1.54, 1.807) is 30.3 Å². The van der Waals surface area contributed by atoms with Crippen LogP contribution in [0.1, 0.15) is 28.0 Å². The van der Waals surface area contributed by atoms with E-state index in [2.05, 4.69) is 58.3 Å². The van der Waals surface area contributed by atoms with E-state index < -0.39 is 0 Å². The fraction of sp³-hybridized carbons (Fsp3) is 0.429. The smallest absolute Gasteiger partial charge is 0.243 e. The molecule has 0 aliphatic heterocycles. The third kappa shape index (κ3) is 6.20. The summed E-state index contributed by atoms with van der Waals surface area (Å²) in [6, 6.07) is 11.1. The number of hydrogen-bond acceptors (Lipinski definition) is 3. The summed E-state index contributed by atoms with van der Waals surface area (Å²) in [6.45, 7) is 2.98. The van der Waals surface area contributed by atoms with Crippen molar-refractivity contribution in [3.05, 3.63) is 57.3 Å². The number of aryl methyl sites for hydroxylation is 2. The van der Waals surface area contributed by atoms with Gasteiger partial charge in [0.2, 0.25) is 5.91 Å². The van der Waals surface area contributed by atoms with Crippen molar-refractivity contribution >= 4 is 47.2 Å². The average Bonchev–Trinajstić information content (AvgIpc) is 3.08. The maximum atomic E-state index is 12.0. The van der Waals surface area contributed by atoms with Crippen LogP contribution < -0.4 is 10.6 Å². The number of nitrogens with one attached hydrogen (secondary N) is 2. The van der Waals surface area contributed by atoms with Gasteiger partial charge < -0.3 is 15.5 Å². The molecule has 0 saturated heterocycles. The van der Waals surface area contributed by atoms with Crippen molar-refractivity contribution in [1.82, 2.24) is 15.5 Å². The SMILES string of the molecule is Cc1ccsc1CNC(=NCC(=O)N(C)C)NC1CCc2ccccc2C1.I. The van der Waals surface area contributed by atoms with Crippen LogP contribution in [-0.4, -0.2) is 43.4 Å². The molecule has 0 bridgehead atoms. The number of carbonyl (C=O) groups is 1. The summed E-state index contributed by atoms with van der Waals surface area (Å²) in [5, 5.41) is 9.05. The van der Waals surface area contributed by atoms with Crippen LogP contribution in [0.4, 0.5) is 0 Å². The number of nitrogens with zero attached hydrogens (tertiary/aromatic N) is 2. The first-order chi connectivity index (χ1) is 13.0. The minimum Gasteiger partial charge on any atom is -0.353 e. The lowest BCUT2D eigenvalue weighted by atomic mass is 9.88. The zero-order valence-corrected chi connectivity index (χ0v) is 19.8. The van der Waals surface area contributed by atoms with Gasteiger partial charge in [-0.2, -0.15) is 0 Å². The van der Waals surface area contributed by atoms with E-state index in [1.165, 1.54) is 21.6 Å². The average molecular weight is 512 g/mol. The van der Waals surface area contributed by atoms with Gasteiger partial charge in [0.25, 0.3) is 0 Å². The second-order valence-electron chi connectivity index (χ2n) is 7.19. The summed E-state index contributed by atoms with van der Waals surface area (Å²) in [5.74, 6) is 0.708. The Hall–Kier alpha value is -1.61. The number of amides is 1. The van der Waals surface area contributed by atoms with Gasteiger partial charge >= 0.3 is 0 Å². The Morgan fingerprint density at radius 3 is 2.68 bits per heavy atom. The topological polar surface area (TPSA) is 56.7 Å². The molecule has 1 unspecified atom stereocenters. The van der Waals surface area contributed by atoms with Gasteiger partial charge in [0.05, 0.1) is 6.54 Å². The Morgan fingerprint density at radius 1 is 1.25 bits per heavy atom. The molecule has 1 amide bonds. The zero-order valence-electron chi connectivity index (χ0n) is 16.7. The molecule has 3 rings (SSSR count). The van der Waals surface area contributed by atoms with E-state index in [4.69, 9.17) is 0 Å². The van der Waals surface area contributed by atoms with Gasteiger partial charge in [-0.1, -0.05) is 24.3 Å². The summed E-state index contributed by atoms with van der Waals surface area (Å²) in [5.41, 5.74) is 4.13. The van der Waals surface area contributed by atoms with Crippen LogP contribution in [0.25, 0.3) is 0 Å². The molecule has 0 radical (unpaired) electrons. The fourth-order valence-corrected chi connectivity index (χ4v) is 4.05. The van der Waals surface area contributed by atoms with E-state index in [1.807, 2.05) is 0 Å². The minimum atomic E-state index is -0.00241.